The Morgan fingerprint density at radius 1 is 0.638 bits per heavy atom. The van der Waals surface area contributed by atoms with Gasteiger partial charge in [-0.2, -0.15) is 5.26 Å². The molecule has 105 heavy (non-hydrogen) atoms. The smallest absolute Gasteiger partial charge is 0.303 e. The molecule has 0 unspecified atom stereocenters. The van der Waals surface area contributed by atoms with E-state index in [1.165, 1.54) is 90.3 Å². The van der Waals surface area contributed by atoms with Gasteiger partial charge >= 0.3 is 5.97 Å². The number of fused-ring (bicyclic) bond motifs is 3. The summed E-state index contributed by atoms with van der Waals surface area (Å²) < 4.78 is 67.7. The predicted molar refractivity (Wildman–Crippen MR) is 390 cm³/mol. The third kappa shape index (κ3) is 25.8. The fourth-order valence-corrected chi connectivity index (χ4v) is 10.2. The van der Waals surface area contributed by atoms with Crippen LogP contribution in [0.1, 0.15) is 60.2 Å². The topological polar surface area (TPSA) is 439 Å². The van der Waals surface area contributed by atoms with E-state index in [2.05, 4.69) is 60.6 Å². The van der Waals surface area contributed by atoms with Crippen molar-refractivity contribution < 1.29 is 75.8 Å². The number of carbonyl (C=O) groups excluding carboxylic acids is 1. The van der Waals surface area contributed by atoms with Crippen LogP contribution < -0.4 is 33.2 Å². The van der Waals surface area contributed by atoms with Crippen molar-refractivity contribution in [3.8, 4) is 47.1 Å². The first kappa shape index (κ1) is 85.0. The Morgan fingerprint density at radius 2 is 1.13 bits per heavy atom. The first-order valence-electron chi connectivity index (χ1n) is 31.1. The summed E-state index contributed by atoms with van der Waals surface area (Å²) in [5, 5.41) is 49.0. The Morgan fingerprint density at radius 3 is 1.62 bits per heavy atom. The van der Waals surface area contributed by atoms with Crippen LogP contribution in [-0.2, 0) is 32.4 Å². The van der Waals surface area contributed by atoms with Crippen LogP contribution in [0.5, 0.6) is 41.0 Å². The van der Waals surface area contributed by atoms with E-state index < -0.39 is 30.8 Å². The maximum absolute atomic E-state index is 13.1. The van der Waals surface area contributed by atoms with Crippen LogP contribution >= 0.6 is 0 Å². The van der Waals surface area contributed by atoms with Crippen LogP contribution in [0.4, 0.5) is 17.1 Å². The molecule has 10 aromatic rings. The van der Waals surface area contributed by atoms with Crippen molar-refractivity contribution >= 4 is 78.5 Å². The summed E-state index contributed by atoms with van der Waals surface area (Å²) in [7, 11) is 18.2. The van der Waals surface area contributed by atoms with Crippen molar-refractivity contribution in [2.24, 2.45) is 0 Å². The molecule has 9 heterocycles. The molecule has 0 atom stereocenters. The average molecular weight is 1470 g/mol. The zero-order chi connectivity index (χ0) is 78.3. The van der Waals surface area contributed by atoms with Crippen LogP contribution in [0.2, 0.25) is 0 Å². The van der Waals surface area contributed by atoms with E-state index in [0.717, 1.165) is 26.8 Å². The fraction of sp³-hybridized carbons (Fsp3) is 0.319. The molecule has 0 amide bonds. The van der Waals surface area contributed by atoms with E-state index in [1.54, 1.807) is 74.8 Å². The lowest BCUT2D eigenvalue weighted by Gasteiger charge is -2.35. The predicted octanol–water partition coefficient (Wildman–Crippen LogP) is 10.4. The number of rotatable bonds is 22. The Hall–Kier alpha value is -12.5. The third-order valence-corrected chi connectivity index (χ3v) is 15.4. The number of aldehydes is 1. The number of H-pyrrole nitrogens is 2. The molecule has 0 fully saturated rings. The van der Waals surface area contributed by atoms with Gasteiger partial charge in [-0.25, -0.2) is 42.3 Å². The minimum absolute atomic E-state index is 0.0100. The lowest BCUT2D eigenvalue weighted by molar-refractivity contribution is -0.386. The van der Waals surface area contributed by atoms with Gasteiger partial charge in [0.2, 0.25) is 35.3 Å². The number of benzene rings is 1. The van der Waals surface area contributed by atoms with Crippen molar-refractivity contribution in [3.63, 3.8) is 0 Å². The standard InChI is InChI=1S/C18H18N2O6S.C10H13N3O3.C9H8N2O2.C9H22N2O.C8H7N3O3.C8H8N2O.C7H8N2O3/c1-25-13-4-6-14(7-5-13)27(23,24)20-11-12(3-10-17(21)22)18-15(20)8-9-16(19-18)26-2;1-12(2)7-6-8-9(13(14)15)4-5-10(11-8)16-3;1-13-8-3-2-7-9(11-8)6(5-12)4-10-7;1-9(2,3)12-8(10(4)5)11(6)7;1-14-8-3-2-7(11(12)13)6(10-8)4-5-9;1-11-8-3-2-6-7(10-8)4-5-9-6;1-5-6(9(10)11)3-4-7(8-5)12-2/h4-9,11H,3,10H2,1-2H3,(H,21,22);4-7H,1-3H3;2-5,10H,1H3;8H,1-7H3;2-3H,4H2,1H3;2-5,9H,1H3;3-4H,1-2H3/b;7-6+;;;;;. The second kappa shape index (κ2) is 40.8. The highest BCUT2D eigenvalue weighted by Crippen LogP contribution is 2.30. The SMILES string of the molecule is CN(C)C(OC(C)(C)C)N(C)C.COc1ccc(S(=O)(=O)n2cc(CCC(=O)O)c3nc(OC)ccc32)cc1.COc1ccc([N+](=O)[O-])c(/C=C/N(C)C)n1.COc1ccc([N+](=O)[O-])c(C)n1.COc1ccc([N+](=O)[O-])c(CC#N)n1.COc1ccc2[nH]cc(C=O)c2n1.COc1ccc2[nH]ccc2n1. The van der Waals surface area contributed by atoms with Crippen LogP contribution in [0, 0.1) is 48.6 Å². The van der Waals surface area contributed by atoms with Crippen molar-refractivity contribution in [1.82, 2.24) is 58.5 Å². The Labute approximate surface area is 605 Å². The fourth-order valence-electron chi connectivity index (χ4n) is 8.80. The van der Waals surface area contributed by atoms with E-state index in [-0.39, 0.29) is 70.4 Å². The molecule has 0 saturated carbocycles. The summed E-state index contributed by atoms with van der Waals surface area (Å²) in [4.78, 5) is 87.9. The number of aromatic amines is 2. The van der Waals surface area contributed by atoms with Crippen molar-refractivity contribution in [2.75, 3.05) is 92.1 Å². The van der Waals surface area contributed by atoms with Gasteiger partial charge < -0.3 is 57.9 Å². The van der Waals surface area contributed by atoms with E-state index in [9.17, 15) is 48.3 Å². The molecular weight excluding hydrogens is 1390 g/mol. The number of carboxylic acids is 1. The van der Waals surface area contributed by atoms with Gasteiger partial charge in [0.15, 0.2) is 12.6 Å². The summed E-state index contributed by atoms with van der Waals surface area (Å²) >= 11 is 0. The van der Waals surface area contributed by atoms with Gasteiger partial charge in [-0.15, -0.1) is 0 Å². The van der Waals surface area contributed by atoms with Gasteiger partial charge in [-0.05, 0) is 122 Å². The molecule has 0 aliphatic carbocycles. The van der Waals surface area contributed by atoms with Crippen LogP contribution in [0.3, 0.4) is 0 Å². The zero-order valence-corrected chi connectivity index (χ0v) is 61.8. The molecule has 0 radical (unpaired) electrons. The lowest BCUT2D eigenvalue weighted by Crippen LogP contribution is -2.46. The minimum Gasteiger partial charge on any atom is -0.497 e. The summed E-state index contributed by atoms with van der Waals surface area (Å²) in [6.07, 6.45) is 8.89. The van der Waals surface area contributed by atoms with Gasteiger partial charge in [0.1, 0.15) is 28.3 Å². The molecule has 0 saturated heterocycles. The zero-order valence-electron chi connectivity index (χ0n) is 60.9. The number of aromatic nitrogens is 9. The molecule has 3 N–H and O–H groups in total. The Kier molecular flexibility index (Phi) is 33.0. The van der Waals surface area contributed by atoms with Crippen molar-refractivity contribution in [2.45, 2.75) is 63.8 Å². The molecule has 35 nitrogen and oxygen atoms in total. The number of carbonyl (C=O) groups is 2. The average Bonchev–Trinajstić information content (AvgIpc) is 1.62. The second-order valence-corrected chi connectivity index (χ2v) is 24.8. The number of pyridine rings is 6. The number of nitriles is 1. The summed E-state index contributed by atoms with van der Waals surface area (Å²) in [5.74, 6) is 2.05. The number of nitrogens with one attached hydrogen (secondary N) is 2. The number of ether oxygens (including phenoxy) is 8. The number of methoxy groups -OCH3 is 7. The lowest BCUT2D eigenvalue weighted by atomic mass is 10.1. The highest BCUT2D eigenvalue weighted by molar-refractivity contribution is 7.90. The van der Waals surface area contributed by atoms with E-state index in [1.807, 2.05) is 88.6 Å². The Balaban J connectivity index is 0.000000266. The first-order chi connectivity index (χ1) is 49.7. The van der Waals surface area contributed by atoms with Gasteiger partial charge in [0.25, 0.3) is 27.1 Å². The molecule has 9 aromatic heterocycles. The number of carboxylic acid groups (broad SMARTS) is 1. The van der Waals surface area contributed by atoms with Crippen molar-refractivity contribution in [1.29, 1.82) is 5.26 Å². The maximum atomic E-state index is 13.1. The number of nitro groups is 3. The summed E-state index contributed by atoms with van der Waals surface area (Å²) in [5.41, 5.74) is 5.74. The highest BCUT2D eigenvalue weighted by atomic mass is 32.2. The maximum Gasteiger partial charge on any atom is 0.303 e. The van der Waals surface area contributed by atoms with Crippen molar-refractivity contribution in [3.05, 3.63) is 186 Å². The molecule has 0 aliphatic rings. The largest absolute Gasteiger partial charge is 0.497 e. The number of hydrogen-bond acceptors (Lipinski definition) is 28. The third-order valence-electron chi connectivity index (χ3n) is 13.7. The Bertz CT molecular complexity index is 4710. The van der Waals surface area contributed by atoms with Gasteiger partial charge in [0, 0.05) is 99.9 Å². The highest BCUT2D eigenvalue weighted by Gasteiger charge is 2.25. The number of hydrogen-bond donors (Lipinski definition) is 3. The number of nitrogens with zero attached hydrogens (tertiary/aromatic N) is 14. The second-order valence-electron chi connectivity index (χ2n) is 23.0. The molecule has 0 spiro atoms. The van der Waals surface area contributed by atoms with Gasteiger partial charge in [0.05, 0.1) is 121 Å². The van der Waals surface area contributed by atoms with Crippen LogP contribution in [0.15, 0.2) is 133 Å². The van der Waals surface area contributed by atoms with Gasteiger partial charge in [-0.1, -0.05) is 0 Å². The number of aliphatic carboxylic acids is 1. The normalized spacial score (nSPS) is 10.7. The molecule has 560 valence electrons. The number of aryl methyl sites for hydroxylation is 2. The van der Waals surface area contributed by atoms with E-state index in [0.29, 0.717) is 68.5 Å². The molecule has 36 heteroatoms. The molecular formula is C69H84N16O19S. The van der Waals surface area contributed by atoms with Crippen LogP contribution in [0.25, 0.3) is 39.2 Å². The monoisotopic (exact) mass is 1470 g/mol. The van der Waals surface area contributed by atoms with Gasteiger partial charge in [-0.3, -0.25) is 49.7 Å². The summed E-state index contributed by atoms with van der Waals surface area (Å²) in [6.45, 7) is 7.76. The molecule has 1 aromatic carbocycles. The minimum atomic E-state index is -3.89. The van der Waals surface area contributed by atoms with E-state index in [4.69, 9.17) is 48.3 Å². The first-order valence-corrected chi connectivity index (χ1v) is 32.5. The molecule has 10 rings (SSSR count). The molecule has 0 aliphatic heterocycles. The summed E-state index contributed by atoms with van der Waals surface area (Å²) in [6, 6.07) is 28.6. The van der Waals surface area contributed by atoms with Crippen LogP contribution in [-0.4, -0.2) is 203 Å². The molecule has 0 bridgehead atoms. The van der Waals surface area contributed by atoms with E-state index >= 15 is 0 Å². The quantitative estimate of drug-likeness (QED) is 0.0245.